The molecule has 178 valence electrons. The number of H-pyrrole nitrogens is 1. The Hall–Kier alpha value is -3.84. The van der Waals surface area contributed by atoms with Crippen molar-refractivity contribution in [3.05, 3.63) is 83.1 Å². The lowest BCUT2D eigenvalue weighted by Crippen LogP contribution is -2.29. The molecule has 0 saturated heterocycles. The lowest BCUT2D eigenvalue weighted by Gasteiger charge is -2.28. The van der Waals surface area contributed by atoms with E-state index in [0.29, 0.717) is 51.5 Å². The maximum atomic E-state index is 13.5. The van der Waals surface area contributed by atoms with Gasteiger partial charge in [-0.2, -0.15) is 0 Å². The number of ketones is 1. The molecule has 0 spiro atoms. The molecule has 1 aliphatic carbocycles. The highest BCUT2D eigenvalue weighted by atomic mass is 35.5. The Balaban J connectivity index is 1.39. The highest BCUT2D eigenvalue weighted by molar-refractivity contribution is 6.32. The molecule has 0 amide bonds. The number of hydrogen-bond acceptors (Lipinski definition) is 5. The van der Waals surface area contributed by atoms with Crippen LogP contribution in [0.5, 0.6) is 11.5 Å². The summed E-state index contributed by atoms with van der Waals surface area (Å²) in [7, 11) is 0. The van der Waals surface area contributed by atoms with Crippen LogP contribution >= 0.6 is 11.6 Å². The Morgan fingerprint density at radius 1 is 1.06 bits per heavy atom. The van der Waals surface area contributed by atoms with E-state index in [4.69, 9.17) is 16.3 Å². The summed E-state index contributed by atoms with van der Waals surface area (Å²) in [4.78, 5) is 32.2. The van der Waals surface area contributed by atoms with Crippen molar-refractivity contribution in [3.63, 3.8) is 0 Å². The predicted octanol–water partition coefficient (Wildman–Crippen LogP) is 6.29. The third kappa shape index (κ3) is 4.86. The van der Waals surface area contributed by atoms with Gasteiger partial charge in [-0.25, -0.2) is 4.98 Å². The first-order valence-electron chi connectivity index (χ1n) is 11.5. The Morgan fingerprint density at radius 2 is 1.83 bits per heavy atom. The zero-order chi connectivity index (χ0) is 24.4. The molecule has 1 saturated carbocycles. The van der Waals surface area contributed by atoms with Gasteiger partial charge < -0.3 is 20.1 Å². The quantitative estimate of drug-likeness (QED) is 0.263. The number of anilines is 1. The minimum absolute atomic E-state index is 0.137. The second kappa shape index (κ2) is 9.80. The molecule has 4 aromatic rings. The zero-order valence-electron chi connectivity index (χ0n) is 18.8. The van der Waals surface area contributed by atoms with E-state index in [1.165, 1.54) is 0 Å². The van der Waals surface area contributed by atoms with Gasteiger partial charge in [0.2, 0.25) is 0 Å². The Kier molecular flexibility index (Phi) is 6.42. The molecule has 0 atom stereocenters. The Morgan fingerprint density at radius 3 is 2.54 bits per heavy atom. The molecule has 2 aromatic heterocycles. The number of nitrogens with zero attached hydrogens (tertiary/aromatic N) is 1. The summed E-state index contributed by atoms with van der Waals surface area (Å²) < 4.78 is 5.82. The van der Waals surface area contributed by atoms with Crippen molar-refractivity contribution in [2.75, 3.05) is 5.32 Å². The lowest BCUT2D eigenvalue weighted by atomic mass is 9.86. The molecule has 0 unspecified atom stereocenters. The van der Waals surface area contributed by atoms with Crippen LogP contribution in [0.4, 0.5) is 5.69 Å². The van der Waals surface area contributed by atoms with E-state index in [1.54, 1.807) is 30.6 Å². The maximum Gasteiger partial charge on any atom is 0.306 e. The average molecular weight is 490 g/mol. The first-order valence-corrected chi connectivity index (χ1v) is 11.9. The molecule has 0 radical (unpaired) electrons. The number of para-hydroxylation sites is 1. The van der Waals surface area contributed by atoms with Crippen LogP contribution in [0.3, 0.4) is 0 Å². The van der Waals surface area contributed by atoms with Crippen molar-refractivity contribution >= 4 is 40.1 Å². The van der Waals surface area contributed by atoms with E-state index in [0.717, 1.165) is 18.5 Å². The highest BCUT2D eigenvalue weighted by Gasteiger charge is 2.27. The van der Waals surface area contributed by atoms with E-state index in [2.05, 4.69) is 15.3 Å². The molecule has 35 heavy (non-hydrogen) atoms. The smallest absolute Gasteiger partial charge is 0.306 e. The number of aliphatic carboxylic acids is 1. The fraction of sp³-hybridized carbons (Fsp3) is 0.222. The van der Waals surface area contributed by atoms with Crippen molar-refractivity contribution in [1.29, 1.82) is 0 Å². The Labute approximate surface area is 207 Å². The van der Waals surface area contributed by atoms with Crippen LogP contribution in [0.15, 0.2) is 67.0 Å². The average Bonchev–Trinajstić information content (AvgIpc) is 3.31. The fourth-order valence-corrected chi connectivity index (χ4v) is 4.78. The van der Waals surface area contributed by atoms with Gasteiger partial charge in [0.1, 0.15) is 17.1 Å². The number of halogens is 1. The molecule has 3 N–H and O–H groups in total. The van der Waals surface area contributed by atoms with Crippen LogP contribution < -0.4 is 10.1 Å². The van der Waals surface area contributed by atoms with E-state index in [-0.39, 0.29) is 17.7 Å². The molecule has 7 nitrogen and oxygen atoms in total. The highest BCUT2D eigenvalue weighted by Crippen LogP contribution is 2.34. The monoisotopic (exact) mass is 489 g/mol. The summed E-state index contributed by atoms with van der Waals surface area (Å²) in [6.07, 6.45) is 6.13. The van der Waals surface area contributed by atoms with Gasteiger partial charge in [0.25, 0.3) is 0 Å². The minimum Gasteiger partial charge on any atom is -0.481 e. The van der Waals surface area contributed by atoms with Gasteiger partial charge >= 0.3 is 5.97 Å². The molecule has 2 heterocycles. The number of carboxylic acids is 1. The van der Waals surface area contributed by atoms with Crippen molar-refractivity contribution in [1.82, 2.24) is 9.97 Å². The number of rotatable bonds is 7. The first kappa shape index (κ1) is 22.9. The van der Waals surface area contributed by atoms with Gasteiger partial charge in [-0.15, -0.1) is 0 Å². The predicted molar refractivity (Wildman–Crippen MR) is 134 cm³/mol. The van der Waals surface area contributed by atoms with Crippen molar-refractivity contribution < 1.29 is 19.4 Å². The van der Waals surface area contributed by atoms with Crippen molar-refractivity contribution in [2.24, 2.45) is 5.92 Å². The summed E-state index contributed by atoms with van der Waals surface area (Å²) in [5.74, 6) is -0.0747. The zero-order valence-corrected chi connectivity index (χ0v) is 19.6. The number of ether oxygens (including phenoxy) is 1. The molecule has 5 rings (SSSR count). The third-order valence-electron chi connectivity index (χ3n) is 6.42. The van der Waals surface area contributed by atoms with E-state index in [9.17, 15) is 14.7 Å². The fourth-order valence-electron chi connectivity index (χ4n) is 4.56. The summed E-state index contributed by atoms with van der Waals surface area (Å²) in [6, 6.07) is 16.3. The molecule has 8 heteroatoms. The number of aromatic amines is 1. The molecule has 2 aromatic carbocycles. The summed E-state index contributed by atoms with van der Waals surface area (Å²) in [5, 5.41) is 13.8. The van der Waals surface area contributed by atoms with Crippen molar-refractivity contribution in [3.8, 4) is 11.5 Å². The number of benzene rings is 2. The van der Waals surface area contributed by atoms with E-state index < -0.39 is 5.97 Å². The number of nitrogens with one attached hydrogen (secondary N) is 2. The third-order valence-corrected chi connectivity index (χ3v) is 6.71. The van der Waals surface area contributed by atoms with Gasteiger partial charge in [0.05, 0.1) is 21.9 Å². The number of carbonyl (C=O) groups excluding carboxylic acids is 1. The van der Waals surface area contributed by atoms with Crippen molar-refractivity contribution in [2.45, 2.75) is 31.7 Å². The number of aromatic nitrogens is 2. The van der Waals surface area contributed by atoms with E-state index in [1.807, 2.05) is 36.4 Å². The first-order chi connectivity index (χ1) is 17.0. The van der Waals surface area contributed by atoms with Gasteiger partial charge in [-0.05, 0) is 62.1 Å². The molecular weight excluding hydrogens is 466 g/mol. The van der Waals surface area contributed by atoms with Crippen LogP contribution in [0.2, 0.25) is 5.02 Å². The number of hydrogen-bond donors (Lipinski definition) is 3. The van der Waals surface area contributed by atoms with Crippen LogP contribution in [-0.2, 0) is 4.79 Å². The largest absolute Gasteiger partial charge is 0.481 e. The number of carbonyl (C=O) groups is 2. The minimum atomic E-state index is -0.730. The molecule has 1 fully saturated rings. The topological polar surface area (TPSA) is 104 Å². The molecule has 0 aliphatic heterocycles. The second-order valence-electron chi connectivity index (χ2n) is 8.71. The van der Waals surface area contributed by atoms with Crippen LogP contribution in [0.25, 0.3) is 11.0 Å². The molecule has 1 aliphatic rings. The van der Waals surface area contributed by atoms with Crippen LogP contribution in [0.1, 0.15) is 41.6 Å². The number of pyridine rings is 1. The van der Waals surface area contributed by atoms with E-state index >= 15 is 0 Å². The normalized spacial score (nSPS) is 17.7. The molecular formula is C27H24ClN3O4. The van der Waals surface area contributed by atoms with Gasteiger partial charge in [0.15, 0.2) is 5.78 Å². The lowest BCUT2D eigenvalue weighted by molar-refractivity contribution is -0.142. The summed E-state index contributed by atoms with van der Waals surface area (Å²) >= 11 is 6.45. The number of fused-ring (bicyclic) bond motifs is 1. The van der Waals surface area contributed by atoms with Crippen LogP contribution in [-0.4, -0.2) is 32.9 Å². The van der Waals surface area contributed by atoms with Gasteiger partial charge in [-0.3, -0.25) is 9.59 Å². The Bertz CT molecular complexity index is 1380. The standard InChI is InChI=1S/C27H24ClN3O4/c28-21-14-17(8-11-23(21)35-19-4-2-1-3-5-19)25(32)20-15-30-26-24(20)22(12-13-29-26)31-18-9-6-16(7-10-18)27(33)34/h1-5,8,11-16,18H,6-7,9-10H2,(H,33,34)(H2,29,30,31). The summed E-state index contributed by atoms with van der Waals surface area (Å²) in [6.45, 7) is 0. The SMILES string of the molecule is O=C(c1ccc(Oc2ccccc2)c(Cl)c1)c1c[nH]c2nccc(NC3CCC(C(=O)O)CC3)c12. The summed E-state index contributed by atoms with van der Waals surface area (Å²) in [5.41, 5.74) is 2.33. The second-order valence-corrected chi connectivity index (χ2v) is 9.11. The van der Waals surface area contributed by atoms with Gasteiger partial charge in [0, 0.05) is 29.7 Å². The maximum absolute atomic E-state index is 13.5. The van der Waals surface area contributed by atoms with Gasteiger partial charge in [-0.1, -0.05) is 29.8 Å². The number of carboxylic acid groups (broad SMARTS) is 1. The molecule has 0 bridgehead atoms. The van der Waals surface area contributed by atoms with Crippen LogP contribution in [0, 0.1) is 5.92 Å².